The van der Waals surface area contributed by atoms with E-state index >= 15 is 0 Å². The van der Waals surface area contributed by atoms with Gasteiger partial charge in [0.2, 0.25) is 0 Å². The second-order valence-corrected chi connectivity index (χ2v) is 7.06. The Balaban J connectivity index is 1.77. The molecule has 0 aliphatic heterocycles. The fourth-order valence-electron chi connectivity index (χ4n) is 2.33. The number of halogens is 4. The molecule has 0 spiro atoms. The smallest absolute Gasteiger partial charge is 0.383 e. The average Bonchev–Trinajstić information content (AvgIpc) is 3.05. The van der Waals surface area contributed by atoms with E-state index in [4.69, 9.17) is 11.6 Å². The lowest BCUT2D eigenvalue weighted by atomic mass is 10.1. The number of amides is 1. The third kappa shape index (κ3) is 4.22. The molecule has 27 heavy (non-hydrogen) atoms. The lowest BCUT2D eigenvalue weighted by Crippen LogP contribution is -2.33. The topological polar surface area (TPSA) is 82.5 Å². The van der Waals surface area contributed by atoms with E-state index in [-0.39, 0.29) is 10.7 Å². The lowest BCUT2D eigenvalue weighted by Gasteiger charge is -2.16. The molecule has 142 valence electrons. The van der Waals surface area contributed by atoms with Crippen molar-refractivity contribution >= 4 is 44.7 Å². The van der Waals surface area contributed by atoms with Crippen molar-refractivity contribution < 1.29 is 28.2 Å². The van der Waals surface area contributed by atoms with Gasteiger partial charge in [0.05, 0.1) is 20.8 Å². The predicted octanol–water partition coefficient (Wildman–Crippen LogP) is 4.00. The summed E-state index contributed by atoms with van der Waals surface area (Å²) in [6.45, 7) is 0. The van der Waals surface area contributed by atoms with Crippen molar-refractivity contribution in [1.29, 1.82) is 0 Å². The minimum absolute atomic E-state index is 0.117. The minimum Gasteiger partial charge on any atom is -0.383 e. The number of nitrogens with one attached hydrogen (secondary N) is 1. The SMILES string of the molecule is O=C(Nc1ccc(Cl)c(C(F)(F)F)c1)C(O)C(O)c1nc2ccccc2s1. The summed E-state index contributed by atoms with van der Waals surface area (Å²) >= 11 is 6.62. The Morgan fingerprint density at radius 2 is 1.89 bits per heavy atom. The molecule has 3 N–H and O–H groups in total. The quantitative estimate of drug-likeness (QED) is 0.600. The van der Waals surface area contributed by atoms with Gasteiger partial charge in [0.1, 0.15) is 11.1 Å². The highest BCUT2D eigenvalue weighted by molar-refractivity contribution is 7.18. The van der Waals surface area contributed by atoms with Crippen LogP contribution >= 0.6 is 22.9 Å². The molecule has 10 heteroatoms. The Bertz CT molecular complexity index is 960. The Hall–Kier alpha value is -2.20. The normalized spacial score (nSPS) is 14.1. The molecule has 1 aromatic heterocycles. The molecule has 2 unspecified atom stereocenters. The van der Waals surface area contributed by atoms with E-state index in [0.717, 1.165) is 28.2 Å². The summed E-state index contributed by atoms with van der Waals surface area (Å²) < 4.78 is 39.4. The summed E-state index contributed by atoms with van der Waals surface area (Å²) in [7, 11) is 0. The van der Waals surface area contributed by atoms with Gasteiger partial charge in [-0.25, -0.2) is 4.98 Å². The summed E-state index contributed by atoms with van der Waals surface area (Å²) in [4.78, 5) is 16.3. The zero-order chi connectivity index (χ0) is 19.8. The van der Waals surface area contributed by atoms with Crippen LogP contribution in [0.1, 0.15) is 16.7 Å². The molecule has 0 radical (unpaired) electrons. The number of alkyl halides is 3. The van der Waals surface area contributed by atoms with Crippen LogP contribution in [0.2, 0.25) is 5.02 Å². The molecule has 5 nitrogen and oxygen atoms in total. The number of anilines is 1. The fraction of sp³-hybridized carbons (Fsp3) is 0.176. The van der Waals surface area contributed by atoms with E-state index in [9.17, 15) is 28.2 Å². The Morgan fingerprint density at radius 1 is 1.19 bits per heavy atom. The van der Waals surface area contributed by atoms with E-state index in [0.29, 0.717) is 11.6 Å². The molecule has 0 aliphatic carbocycles. The summed E-state index contributed by atoms with van der Waals surface area (Å²) in [6, 6.07) is 9.79. The van der Waals surface area contributed by atoms with Crippen LogP contribution in [0, 0.1) is 0 Å². The fourth-order valence-corrected chi connectivity index (χ4v) is 3.54. The van der Waals surface area contributed by atoms with Crippen molar-refractivity contribution in [3.8, 4) is 0 Å². The summed E-state index contributed by atoms with van der Waals surface area (Å²) in [5.41, 5.74) is -0.743. The van der Waals surface area contributed by atoms with Crippen molar-refractivity contribution in [3.63, 3.8) is 0 Å². The first-order chi connectivity index (χ1) is 12.7. The number of fused-ring (bicyclic) bond motifs is 1. The minimum atomic E-state index is -4.70. The molecule has 3 rings (SSSR count). The summed E-state index contributed by atoms with van der Waals surface area (Å²) in [5, 5.41) is 22.0. The van der Waals surface area contributed by atoms with Gasteiger partial charge < -0.3 is 15.5 Å². The standard InChI is InChI=1S/C17H12ClF3N2O3S/c18-10-6-5-8(7-9(10)17(19,20)21)22-15(26)13(24)14(25)16-23-11-3-1-2-4-12(11)27-16/h1-7,13-14,24-25H,(H,22,26). The molecule has 1 amide bonds. The predicted molar refractivity (Wildman–Crippen MR) is 95.7 cm³/mol. The highest BCUT2D eigenvalue weighted by atomic mass is 35.5. The van der Waals surface area contributed by atoms with Crippen molar-refractivity contribution in [2.75, 3.05) is 5.32 Å². The van der Waals surface area contributed by atoms with Gasteiger partial charge in [0.25, 0.3) is 5.91 Å². The Labute approximate surface area is 160 Å². The van der Waals surface area contributed by atoms with Gasteiger partial charge >= 0.3 is 6.18 Å². The van der Waals surface area contributed by atoms with Crippen LogP contribution in [0.4, 0.5) is 18.9 Å². The number of hydrogen-bond acceptors (Lipinski definition) is 5. The number of hydrogen-bond donors (Lipinski definition) is 3. The van der Waals surface area contributed by atoms with Crippen LogP contribution in [0.3, 0.4) is 0 Å². The molecule has 2 aromatic carbocycles. The highest BCUT2D eigenvalue weighted by Crippen LogP contribution is 2.36. The molecule has 0 aliphatic rings. The van der Waals surface area contributed by atoms with Crippen molar-refractivity contribution in [1.82, 2.24) is 4.98 Å². The first-order valence-corrected chi connectivity index (χ1v) is 8.75. The van der Waals surface area contributed by atoms with E-state index in [2.05, 4.69) is 10.3 Å². The van der Waals surface area contributed by atoms with E-state index in [1.165, 1.54) is 0 Å². The molecule has 0 saturated heterocycles. The van der Waals surface area contributed by atoms with Gasteiger partial charge in [-0.05, 0) is 30.3 Å². The number of nitrogens with zero attached hydrogens (tertiary/aromatic N) is 1. The van der Waals surface area contributed by atoms with Gasteiger partial charge in [-0.15, -0.1) is 11.3 Å². The second kappa shape index (κ2) is 7.43. The number of aliphatic hydroxyl groups excluding tert-OH is 2. The van der Waals surface area contributed by atoms with Gasteiger partial charge in [-0.2, -0.15) is 13.2 Å². The van der Waals surface area contributed by atoms with Crippen LogP contribution in [0.15, 0.2) is 42.5 Å². The molecule has 2 atom stereocenters. The summed E-state index contributed by atoms with van der Waals surface area (Å²) in [6.07, 6.45) is -8.25. The number of aliphatic hydroxyl groups is 2. The first kappa shape index (κ1) is 19.6. The van der Waals surface area contributed by atoms with Crippen LogP contribution in [-0.2, 0) is 11.0 Å². The van der Waals surface area contributed by atoms with Gasteiger partial charge in [-0.3, -0.25) is 4.79 Å². The average molecular weight is 417 g/mol. The van der Waals surface area contributed by atoms with Crippen molar-refractivity contribution in [3.05, 3.63) is 58.1 Å². The zero-order valence-corrected chi connectivity index (χ0v) is 14.9. The zero-order valence-electron chi connectivity index (χ0n) is 13.4. The maximum absolute atomic E-state index is 12.9. The number of thiazole rings is 1. The molecule has 0 bridgehead atoms. The molecular formula is C17H12ClF3N2O3S. The maximum Gasteiger partial charge on any atom is 0.417 e. The largest absolute Gasteiger partial charge is 0.417 e. The van der Waals surface area contributed by atoms with Crippen molar-refractivity contribution in [2.45, 2.75) is 18.4 Å². The molecule has 3 aromatic rings. The van der Waals surface area contributed by atoms with Gasteiger partial charge in [0.15, 0.2) is 6.10 Å². The third-order valence-electron chi connectivity index (χ3n) is 3.67. The van der Waals surface area contributed by atoms with Crippen LogP contribution in [0.5, 0.6) is 0 Å². The highest BCUT2D eigenvalue weighted by Gasteiger charge is 2.34. The molecule has 1 heterocycles. The maximum atomic E-state index is 12.9. The van der Waals surface area contributed by atoms with E-state index in [1.54, 1.807) is 24.3 Å². The van der Waals surface area contributed by atoms with Gasteiger partial charge in [0, 0.05) is 5.69 Å². The number of benzene rings is 2. The van der Waals surface area contributed by atoms with E-state index < -0.39 is 34.9 Å². The second-order valence-electron chi connectivity index (χ2n) is 5.59. The van der Waals surface area contributed by atoms with E-state index in [1.807, 2.05) is 0 Å². The number of para-hydroxylation sites is 1. The monoisotopic (exact) mass is 416 g/mol. The van der Waals surface area contributed by atoms with Gasteiger partial charge in [-0.1, -0.05) is 23.7 Å². The van der Waals surface area contributed by atoms with Crippen LogP contribution in [0.25, 0.3) is 10.2 Å². The summed E-state index contributed by atoms with van der Waals surface area (Å²) in [5.74, 6) is -1.07. The molecule has 0 saturated carbocycles. The Morgan fingerprint density at radius 3 is 2.56 bits per heavy atom. The number of carbonyl (C=O) groups excluding carboxylic acids is 1. The third-order valence-corrected chi connectivity index (χ3v) is 5.11. The number of rotatable bonds is 4. The van der Waals surface area contributed by atoms with Crippen LogP contribution < -0.4 is 5.32 Å². The van der Waals surface area contributed by atoms with Crippen molar-refractivity contribution in [2.24, 2.45) is 0 Å². The molecular weight excluding hydrogens is 405 g/mol. The Kier molecular flexibility index (Phi) is 5.38. The molecule has 0 fully saturated rings. The first-order valence-electron chi connectivity index (χ1n) is 7.56. The van der Waals surface area contributed by atoms with Crippen LogP contribution in [-0.4, -0.2) is 27.2 Å². The number of aromatic nitrogens is 1. The number of carbonyl (C=O) groups is 1. The lowest BCUT2D eigenvalue weighted by molar-refractivity contribution is -0.137.